The van der Waals surface area contributed by atoms with Crippen molar-refractivity contribution < 1.29 is 23.6 Å². The first-order valence-corrected chi connectivity index (χ1v) is 11.8. The van der Waals surface area contributed by atoms with Crippen LogP contribution in [-0.2, 0) is 16.0 Å². The van der Waals surface area contributed by atoms with Gasteiger partial charge in [0.15, 0.2) is 0 Å². The predicted octanol–water partition coefficient (Wildman–Crippen LogP) is 3.59. The number of urea groups is 1. The van der Waals surface area contributed by atoms with Gasteiger partial charge in [0.1, 0.15) is 11.6 Å². The smallest absolute Gasteiger partial charge is 0.407 e. The van der Waals surface area contributed by atoms with Crippen LogP contribution in [0.2, 0.25) is 0 Å². The topological polar surface area (TPSA) is 110 Å². The Labute approximate surface area is 188 Å². The molecule has 1 aromatic rings. The quantitative estimate of drug-likeness (QED) is 0.604. The molecule has 32 heavy (non-hydrogen) atoms. The Morgan fingerprint density at radius 1 is 1.25 bits per heavy atom. The molecule has 178 valence electrons. The summed E-state index contributed by atoms with van der Waals surface area (Å²) < 4.78 is 11.3. The molecule has 0 radical (unpaired) electrons. The van der Waals surface area contributed by atoms with Gasteiger partial charge in [-0.2, -0.15) is 5.06 Å². The van der Waals surface area contributed by atoms with Crippen molar-refractivity contribution in [2.75, 3.05) is 13.2 Å². The van der Waals surface area contributed by atoms with Crippen LogP contribution < -0.4 is 5.32 Å². The molecule has 4 rings (SSSR count). The van der Waals surface area contributed by atoms with E-state index in [1.54, 1.807) is 9.96 Å². The number of hydrogen-bond acceptors (Lipinski definition) is 7. The van der Waals surface area contributed by atoms with Crippen molar-refractivity contribution >= 4 is 12.1 Å². The van der Waals surface area contributed by atoms with Gasteiger partial charge in [0.2, 0.25) is 11.8 Å². The van der Waals surface area contributed by atoms with Gasteiger partial charge in [-0.3, -0.25) is 4.84 Å². The number of nitrogens with zero attached hydrogens (tertiary/aromatic N) is 4. The Kier molecular flexibility index (Phi) is 6.60. The summed E-state index contributed by atoms with van der Waals surface area (Å²) in [6.45, 7) is 8.84. The van der Waals surface area contributed by atoms with Crippen molar-refractivity contribution in [3.63, 3.8) is 0 Å². The zero-order chi connectivity index (χ0) is 22.9. The van der Waals surface area contributed by atoms with Crippen LogP contribution in [0.1, 0.15) is 84.0 Å². The third-order valence-corrected chi connectivity index (χ3v) is 6.24. The molecule has 3 amide bonds. The van der Waals surface area contributed by atoms with E-state index in [-0.39, 0.29) is 30.2 Å². The monoisotopic (exact) mass is 449 g/mol. The van der Waals surface area contributed by atoms with Crippen LogP contribution in [0.3, 0.4) is 0 Å². The fourth-order valence-electron chi connectivity index (χ4n) is 4.59. The number of piperidine rings is 1. The van der Waals surface area contributed by atoms with Gasteiger partial charge in [-0.15, -0.1) is 10.2 Å². The second-order valence-corrected chi connectivity index (χ2v) is 10.1. The zero-order valence-corrected chi connectivity index (χ0v) is 19.5. The molecule has 2 bridgehead atoms. The second-order valence-electron chi connectivity index (χ2n) is 10.1. The Morgan fingerprint density at radius 2 is 2.03 bits per heavy atom. The summed E-state index contributed by atoms with van der Waals surface area (Å²) >= 11 is 0. The molecule has 2 aliphatic heterocycles. The summed E-state index contributed by atoms with van der Waals surface area (Å²) in [5.74, 6) is 1.48. The van der Waals surface area contributed by atoms with Gasteiger partial charge in [0, 0.05) is 19.0 Å². The van der Waals surface area contributed by atoms with Crippen molar-refractivity contribution in [1.82, 2.24) is 25.5 Å². The summed E-state index contributed by atoms with van der Waals surface area (Å²) in [4.78, 5) is 32.2. The first-order valence-electron chi connectivity index (χ1n) is 11.8. The fourth-order valence-corrected chi connectivity index (χ4v) is 4.59. The molecule has 0 spiro atoms. The zero-order valence-electron chi connectivity index (χ0n) is 19.5. The number of amides is 3. The minimum absolute atomic E-state index is 0.0994. The maximum Gasteiger partial charge on any atom is 0.407 e. The number of aromatic nitrogens is 2. The summed E-state index contributed by atoms with van der Waals surface area (Å²) in [7, 11) is 0. The van der Waals surface area contributed by atoms with Gasteiger partial charge in [-0.25, -0.2) is 9.59 Å². The predicted molar refractivity (Wildman–Crippen MR) is 114 cm³/mol. The van der Waals surface area contributed by atoms with Gasteiger partial charge in [0.25, 0.3) is 0 Å². The Balaban J connectivity index is 1.25. The molecule has 0 aromatic carbocycles. The number of rotatable bonds is 8. The number of hydroxylamine groups is 2. The van der Waals surface area contributed by atoms with Crippen LogP contribution in [0.15, 0.2) is 4.42 Å². The van der Waals surface area contributed by atoms with Crippen LogP contribution >= 0.6 is 0 Å². The van der Waals surface area contributed by atoms with E-state index in [2.05, 4.69) is 22.4 Å². The second kappa shape index (κ2) is 9.25. The molecule has 2 saturated heterocycles. The highest BCUT2D eigenvalue weighted by Crippen LogP contribution is 2.38. The van der Waals surface area contributed by atoms with E-state index in [1.807, 2.05) is 20.8 Å². The van der Waals surface area contributed by atoms with Crippen LogP contribution in [0.4, 0.5) is 9.59 Å². The lowest BCUT2D eigenvalue weighted by Gasteiger charge is -2.35. The number of hydrogen-bond donors (Lipinski definition) is 1. The lowest BCUT2D eigenvalue weighted by molar-refractivity contribution is -0.130. The third-order valence-electron chi connectivity index (χ3n) is 6.24. The van der Waals surface area contributed by atoms with Gasteiger partial charge >= 0.3 is 12.1 Å². The van der Waals surface area contributed by atoms with Crippen molar-refractivity contribution in [2.45, 2.75) is 96.4 Å². The molecule has 3 aliphatic rings. The van der Waals surface area contributed by atoms with Gasteiger partial charge in [0.05, 0.1) is 12.6 Å². The SMILES string of the molecule is CCCCON1C(=O)N2C[C@@H]1CC[C@H]2c1nnc(CC2CC(NC(=O)OC(C)(C)C)C2)o1. The number of nitrogens with one attached hydrogen (secondary N) is 1. The van der Waals surface area contributed by atoms with E-state index in [0.717, 1.165) is 38.5 Å². The summed E-state index contributed by atoms with van der Waals surface area (Å²) in [5.41, 5.74) is -0.498. The summed E-state index contributed by atoms with van der Waals surface area (Å²) in [5, 5.41) is 12.9. The molecule has 3 fully saturated rings. The van der Waals surface area contributed by atoms with Crippen molar-refractivity contribution in [3.8, 4) is 0 Å². The largest absolute Gasteiger partial charge is 0.444 e. The Bertz CT molecular complexity index is 816. The normalized spacial score (nSPS) is 27.4. The Morgan fingerprint density at radius 3 is 2.75 bits per heavy atom. The molecule has 10 nitrogen and oxygen atoms in total. The molecule has 1 saturated carbocycles. The van der Waals surface area contributed by atoms with Gasteiger partial charge in [-0.05, 0) is 58.8 Å². The summed E-state index contributed by atoms with van der Waals surface area (Å²) in [6, 6.07) is -0.0815. The molecular formula is C22H35N5O5. The first-order chi connectivity index (χ1) is 15.2. The number of ether oxygens (including phenoxy) is 1. The minimum atomic E-state index is -0.498. The van der Waals surface area contributed by atoms with E-state index in [0.29, 0.717) is 37.3 Å². The molecule has 3 heterocycles. The van der Waals surface area contributed by atoms with Gasteiger partial charge < -0.3 is 19.4 Å². The van der Waals surface area contributed by atoms with E-state index in [4.69, 9.17) is 14.0 Å². The highest BCUT2D eigenvalue weighted by Gasteiger charge is 2.47. The number of fused-ring (bicyclic) bond motifs is 2. The average molecular weight is 450 g/mol. The van der Waals surface area contributed by atoms with Crippen LogP contribution in [0.5, 0.6) is 0 Å². The maximum absolute atomic E-state index is 12.8. The number of unbranched alkanes of at least 4 members (excludes halogenated alkanes) is 1. The molecular weight excluding hydrogens is 414 g/mol. The van der Waals surface area contributed by atoms with E-state index < -0.39 is 5.60 Å². The highest BCUT2D eigenvalue weighted by molar-refractivity contribution is 5.77. The third kappa shape index (κ3) is 5.16. The van der Waals surface area contributed by atoms with Crippen LogP contribution in [0.25, 0.3) is 0 Å². The molecule has 0 unspecified atom stereocenters. The van der Waals surface area contributed by atoms with E-state index >= 15 is 0 Å². The van der Waals surface area contributed by atoms with Crippen molar-refractivity contribution in [2.24, 2.45) is 5.92 Å². The first kappa shape index (κ1) is 22.8. The molecule has 1 aromatic heterocycles. The van der Waals surface area contributed by atoms with E-state index in [1.165, 1.54) is 0 Å². The van der Waals surface area contributed by atoms with Gasteiger partial charge in [-0.1, -0.05) is 13.3 Å². The standard InChI is InChI=1S/C22H35N5O5/c1-5-6-9-30-27-16-7-8-17(26(13-16)21(27)29)19-25-24-18(31-19)12-14-10-15(11-14)23-20(28)32-22(2,3)4/h14-17H,5-13H2,1-4H3,(H,23,28)/t14?,15?,16-,17-/m0/s1. The molecule has 10 heteroatoms. The van der Waals surface area contributed by atoms with E-state index in [9.17, 15) is 9.59 Å². The van der Waals surface area contributed by atoms with Crippen molar-refractivity contribution in [1.29, 1.82) is 0 Å². The van der Waals surface area contributed by atoms with Crippen molar-refractivity contribution in [3.05, 3.63) is 11.8 Å². The number of carbonyl (C=O) groups is 2. The fraction of sp³-hybridized carbons (Fsp3) is 0.818. The maximum atomic E-state index is 12.8. The average Bonchev–Trinajstić information content (AvgIpc) is 3.24. The molecule has 2 atom stereocenters. The Hall–Kier alpha value is -2.36. The highest BCUT2D eigenvalue weighted by atomic mass is 16.7. The van der Waals surface area contributed by atoms with Crippen LogP contribution in [-0.4, -0.2) is 63.1 Å². The lowest BCUT2D eigenvalue weighted by Crippen LogP contribution is -2.46. The molecule has 1 N–H and O–H groups in total. The molecule has 1 aliphatic carbocycles. The lowest BCUT2D eigenvalue weighted by atomic mass is 9.78. The number of alkyl carbamates (subject to hydrolysis) is 1. The minimum Gasteiger partial charge on any atom is -0.444 e. The summed E-state index contributed by atoms with van der Waals surface area (Å²) in [6.07, 6.45) is 5.63. The number of carbonyl (C=O) groups excluding carboxylic acids is 2. The van der Waals surface area contributed by atoms with Crippen LogP contribution in [0, 0.1) is 5.92 Å².